The molecule has 3 aromatic rings. The van der Waals surface area contributed by atoms with Crippen LogP contribution in [0.3, 0.4) is 0 Å². The molecule has 0 saturated carbocycles. The summed E-state index contributed by atoms with van der Waals surface area (Å²) < 4.78 is 72.0. The topological polar surface area (TPSA) is 87.6 Å². The number of halogens is 5. The van der Waals surface area contributed by atoms with Crippen molar-refractivity contribution in [1.29, 1.82) is 0 Å². The molecule has 2 aromatic carbocycles. The maximum absolute atomic E-state index is 14.0. The molecule has 1 aromatic heterocycles. The standard InChI is InChI=1S/C22H19F5N4O3/c1-11(29-13-8-15(23)19(16(24)9-13)22(25,26)27)14-6-12(21(32)33)7-17-20(14)30-18(10-28-17)31-2-4-34-5-3-31/h6-11,29H,2-5H2,1H3,(H,32,33). The first-order valence-corrected chi connectivity index (χ1v) is 10.2. The zero-order valence-electron chi connectivity index (χ0n) is 17.8. The quantitative estimate of drug-likeness (QED) is 0.513. The van der Waals surface area contributed by atoms with Crippen molar-refractivity contribution in [2.75, 3.05) is 36.5 Å². The average molecular weight is 482 g/mol. The molecule has 0 spiro atoms. The summed E-state index contributed by atoms with van der Waals surface area (Å²) in [7, 11) is 0. The molecule has 1 aliphatic heterocycles. The Labute approximate surface area is 190 Å². The molecule has 2 heterocycles. The van der Waals surface area contributed by atoms with Crippen LogP contribution in [-0.2, 0) is 10.9 Å². The summed E-state index contributed by atoms with van der Waals surface area (Å²) in [5.74, 6) is -4.21. The number of carbonyl (C=O) groups is 1. The lowest BCUT2D eigenvalue weighted by molar-refractivity contribution is -0.142. The Morgan fingerprint density at radius 3 is 2.38 bits per heavy atom. The Morgan fingerprint density at radius 2 is 1.79 bits per heavy atom. The van der Waals surface area contributed by atoms with E-state index in [1.807, 2.05) is 4.90 Å². The smallest absolute Gasteiger partial charge is 0.422 e. The number of hydrogen-bond donors (Lipinski definition) is 2. The molecule has 0 radical (unpaired) electrons. The van der Waals surface area contributed by atoms with Crippen molar-refractivity contribution in [3.63, 3.8) is 0 Å². The van der Waals surface area contributed by atoms with Gasteiger partial charge >= 0.3 is 12.1 Å². The van der Waals surface area contributed by atoms with E-state index in [2.05, 4.69) is 15.3 Å². The molecule has 0 amide bonds. The molecule has 1 saturated heterocycles. The van der Waals surface area contributed by atoms with Crippen molar-refractivity contribution in [1.82, 2.24) is 9.97 Å². The third kappa shape index (κ3) is 4.72. The summed E-state index contributed by atoms with van der Waals surface area (Å²) in [6, 6.07) is 2.98. The van der Waals surface area contributed by atoms with E-state index in [0.717, 1.165) is 0 Å². The Hall–Kier alpha value is -3.54. The average Bonchev–Trinajstić information content (AvgIpc) is 2.77. The number of alkyl halides is 3. The normalized spacial score (nSPS) is 15.4. The Morgan fingerprint density at radius 1 is 1.15 bits per heavy atom. The van der Waals surface area contributed by atoms with Crippen molar-refractivity contribution < 1.29 is 36.6 Å². The highest BCUT2D eigenvalue weighted by atomic mass is 19.4. The predicted molar refractivity (Wildman–Crippen MR) is 113 cm³/mol. The van der Waals surface area contributed by atoms with Gasteiger partial charge in [-0.25, -0.2) is 18.6 Å². The van der Waals surface area contributed by atoms with Gasteiger partial charge in [-0.15, -0.1) is 0 Å². The summed E-state index contributed by atoms with van der Waals surface area (Å²) in [5.41, 5.74) is -1.34. The van der Waals surface area contributed by atoms with Crippen molar-refractivity contribution >= 4 is 28.5 Å². The zero-order valence-corrected chi connectivity index (χ0v) is 17.8. The van der Waals surface area contributed by atoms with Crippen molar-refractivity contribution in [3.05, 3.63) is 58.8 Å². The van der Waals surface area contributed by atoms with E-state index in [9.17, 15) is 31.9 Å². The maximum atomic E-state index is 14.0. The van der Waals surface area contributed by atoms with Gasteiger partial charge in [0, 0.05) is 24.3 Å². The summed E-state index contributed by atoms with van der Waals surface area (Å²) in [5, 5.41) is 12.2. The van der Waals surface area contributed by atoms with Gasteiger partial charge in [0.15, 0.2) is 0 Å². The largest absolute Gasteiger partial charge is 0.478 e. The minimum absolute atomic E-state index is 0.0886. The fourth-order valence-corrected chi connectivity index (χ4v) is 3.79. The van der Waals surface area contributed by atoms with Crippen molar-refractivity contribution in [2.45, 2.75) is 19.1 Å². The number of hydrogen-bond acceptors (Lipinski definition) is 6. The second-order valence-corrected chi connectivity index (χ2v) is 7.74. The lowest BCUT2D eigenvalue weighted by atomic mass is 10.0. The minimum atomic E-state index is -5.18. The van der Waals surface area contributed by atoms with Crippen LogP contribution in [0.2, 0.25) is 0 Å². The highest BCUT2D eigenvalue weighted by Crippen LogP contribution is 2.36. The molecule has 1 unspecified atom stereocenters. The molecule has 12 heteroatoms. The molecule has 34 heavy (non-hydrogen) atoms. The van der Waals surface area contributed by atoms with Crippen LogP contribution in [0.4, 0.5) is 33.5 Å². The zero-order chi connectivity index (χ0) is 24.6. The van der Waals surface area contributed by atoms with E-state index in [1.165, 1.54) is 18.3 Å². The second-order valence-electron chi connectivity index (χ2n) is 7.74. The third-order valence-electron chi connectivity index (χ3n) is 5.42. The van der Waals surface area contributed by atoms with E-state index in [-0.39, 0.29) is 16.8 Å². The molecular formula is C22H19F5N4O3. The van der Waals surface area contributed by atoms with Crippen LogP contribution < -0.4 is 10.2 Å². The summed E-state index contributed by atoms with van der Waals surface area (Å²) in [4.78, 5) is 22.5. The molecule has 7 nitrogen and oxygen atoms in total. The fourth-order valence-electron chi connectivity index (χ4n) is 3.79. The molecule has 1 atom stereocenters. The number of nitrogens with zero attached hydrogens (tertiary/aromatic N) is 3. The number of morpholine rings is 1. The number of rotatable bonds is 5. The van der Waals surface area contributed by atoms with E-state index >= 15 is 0 Å². The first-order chi connectivity index (χ1) is 16.0. The van der Waals surface area contributed by atoms with E-state index in [4.69, 9.17) is 4.74 Å². The lowest BCUT2D eigenvalue weighted by Crippen LogP contribution is -2.36. The van der Waals surface area contributed by atoms with Gasteiger partial charge < -0.3 is 20.1 Å². The Bertz CT molecular complexity index is 1220. The van der Waals surface area contributed by atoms with E-state index in [0.29, 0.717) is 55.3 Å². The molecule has 180 valence electrons. The number of fused-ring (bicyclic) bond motifs is 1. The SMILES string of the molecule is CC(Nc1cc(F)c(C(F)(F)F)c(F)c1)c1cc(C(=O)O)cc2ncc(N3CCOCC3)nc12. The van der Waals surface area contributed by atoms with Crippen molar-refractivity contribution in [3.8, 4) is 0 Å². The lowest BCUT2D eigenvalue weighted by Gasteiger charge is -2.28. The van der Waals surface area contributed by atoms with Crippen LogP contribution in [0.25, 0.3) is 11.0 Å². The second kappa shape index (κ2) is 9.01. The van der Waals surface area contributed by atoms with E-state index in [1.54, 1.807) is 6.92 Å². The molecule has 0 bridgehead atoms. The van der Waals surface area contributed by atoms with Gasteiger partial charge in [-0.05, 0) is 31.2 Å². The highest BCUT2D eigenvalue weighted by Gasteiger charge is 2.38. The monoisotopic (exact) mass is 482 g/mol. The molecule has 4 rings (SSSR count). The first-order valence-electron chi connectivity index (χ1n) is 10.2. The minimum Gasteiger partial charge on any atom is -0.478 e. The Balaban J connectivity index is 1.74. The van der Waals surface area contributed by atoms with Crippen LogP contribution >= 0.6 is 0 Å². The van der Waals surface area contributed by atoms with Gasteiger partial charge in [-0.3, -0.25) is 4.98 Å². The van der Waals surface area contributed by atoms with Gasteiger partial charge in [0.05, 0.1) is 42.0 Å². The van der Waals surface area contributed by atoms with Crippen LogP contribution in [-0.4, -0.2) is 47.3 Å². The van der Waals surface area contributed by atoms with Crippen LogP contribution in [0, 0.1) is 11.6 Å². The van der Waals surface area contributed by atoms with Crippen LogP contribution in [0.1, 0.15) is 34.5 Å². The highest BCUT2D eigenvalue weighted by molar-refractivity contribution is 5.94. The van der Waals surface area contributed by atoms with Crippen LogP contribution in [0.15, 0.2) is 30.5 Å². The van der Waals surface area contributed by atoms with Crippen LogP contribution in [0.5, 0.6) is 0 Å². The van der Waals surface area contributed by atoms with E-state index < -0.39 is 35.4 Å². The molecular weight excluding hydrogens is 463 g/mol. The molecule has 0 aliphatic carbocycles. The molecule has 2 N–H and O–H groups in total. The van der Waals surface area contributed by atoms with Crippen molar-refractivity contribution in [2.24, 2.45) is 0 Å². The maximum Gasteiger partial charge on any atom is 0.422 e. The summed E-state index contributed by atoms with van der Waals surface area (Å²) in [6.07, 6.45) is -3.67. The van der Waals surface area contributed by atoms with Gasteiger partial charge in [-0.1, -0.05) is 0 Å². The van der Waals surface area contributed by atoms with Gasteiger partial charge in [-0.2, -0.15) is 13.2 Å². The third-order valence-corrected chi connectivity index (χ3v) is 5.42. The Kier molecular flexibility index (Phi) is 6.26. The number of carboxylic acid groups (broad SMARTS) is 1. The first kappa shape index (κ1) is 23.6. The number of ether oxygens (including phenoxy) is 1. The number of aromatic nitrogens is 2. The number of carboxylic acids is 1. The predicted octanol–water partition coefficient (Wildman–Crippen LogP) is 4.63. The summed E-state index contributed by atoms with van der Waals surface area (Å²) >= 11 is 0. The molecule has 1 aliphatic rings. The fraction of sp³-hybridized carbons (Fsp3) is 0.318. The van der Waals surface area contributed by atoms with Gasteiger partial charge in [0.1, 0.15) is 23.0 Å². The summed E-state index contributed by atoms with van der Waals surface area (Å²) in [6.45, 7) is 3.75. The van der Waals surface area contributed by atoms with Gasteiger partial charge in [0.25, 0.3) is 0 Å². The number of nitrogens with one attached hydrogen (secondary N) is 1. The van der Waals surface area contributed by atoms with Gasteiger partial charge in [0.2, 0.25) is 0 Å². The number of benzene rings is 2. The molecule has 1 fully saturated rings. The number of anilines is 2. The number of aromatic carboxylic acids is 1.